The zero-order chi connectivity index (χ0) is 9.52. The van der Waals surface area contributed by atoms with Crippen LogP contribution in [0.4, 0.5) is 0 Å². The number of aliphatic hydroxyl groups is 1. The average Bonchev–Trinajstić information content (AvgIpc) is 2.16. The van der Waals surface area contributed by atoms with Gasteiger partial charge in [0.2, 0.25) is 0 Å². The first-order valence-electron chi connectivity index (χ1n) is 4.13. The smallest absolute Gasteiger partial charge is 0.310 e. The van der Waals surface area contributed by atoms with Gasteiger partial charge in [0.15, 0.2) is 0 Å². The van der Waals surface area contributed by atoms with Gasteiger partial charge in [0.05, 0.1) is 13.0 Å². The molecule has 3 heteroatoms. The second-order valence-electron chi connectivity index (χ2n) is 2.61. The molecule has 0 atom stereocenters. The molecule has 3 nitrogen and oxygen atoms in total. The summed E-state index contributed by atoms with van der Waals surface area (Å²) in [6.45, 7) is -0.0494. The fraction of sp³-hybridized carbons (Fsp3) is 0.300. The Bertz CT molecular complexity index is 256. The molecule has 0 aliphatic rings. The summed E-state index contributed by atoms with van der Waals surface area (Å²) >= 11 is 0. The standard InChI is InChI=1S/C10H12O3/c11-6-7-13-10(12)8-9-4-2-1-3-5-9/h1-5,11H,6-8H2. The lowest BCUT2D eigenvalue weighted by Gasteiger charge is -2.01. The highest BCUT2D eigenvalue weighted by molar-refractivity contribution is 5.72. The Morgan fingerprint density at radius 3 is 2.62 bits per heavy atom. The van der Waals surface area contributed by atoms with Crippen molar-refractivity contribution in [2.45, 2.75) is 6.42 Å². The molecule has 1 N–H and O–H groups in total. The maximum absolute atomic E-state index is 11.0. The van der Waals surface area contributed by atoms with E-state index in [-0.39, 0.29) is 25.6 Å². The molecule has 0 radical (unpaired) electrons. The lowest BCUT2D eigenvalue weighted by atomic mass is 10.2. The van der Waals surface area contributed by atoms with Crippen LogP contribution in [0.25, 0.3) is 0 Å². The van der Waals surface area contributed by atoms with Crippen molar-refractivity contribution in [3.8, 4) is 0 Å². The third-order valence-corrected chi connectivity index (χ3v) is 1.55. The highest BCUT2D eigenvalue weighted by Crippen LogP contribution is 2.00. The predicted octanol–water partition coefficient (Wildman–Crippen LogP) is 0.765. The largest absolute Gasteiger partial charge is 0.463 e. The summed E-state index contributed by atoms with van der Waals surface area (Å²) < 4.78 is 4.71. The molecule has 70 valence electrons. The summed E-state index contributed by atoms with van der Waals surface area (Å²) in [6, 6.07) is 9.35. The molecule has 1 rings (SSSR count). The van der Waals surface area contributed by atoms with Crippen LogP contribution in [0.1, 0.15) is 5.56 Å². The first kappa shape index (κ1) is 9.74. The van der Waals surface area contributed by atoms with Gasteiger partial charge in [-0.05, 0) is 5.56 Å². The lowest BCUT2D eigenvalue weighted by Crippen LogP contribution is -2.10. The summed E-state index contributed by atoms with van der Waals surface area (Å²) in [5.74, 6) is -0.305. The molecule has 0 spiro atoms. The van der Waals surface area contributed by atoms with Gasteiger partial charge < -0.3 is 9.84 Å². The predicted molar refractivity (Wildman–Crippen MR) is 48.2 cm³/mol. The van der Waals surface area contributed by atoms with Gasteiger partial charge >= 0.3 is 5.97 Å². The molecular weight excluding hydrogens is 168 g/mol. The molecule has 0 aromatic heterocycles. The van der Waals surface area contributed by atoms with Gasteiger partial charge in [-0.1, -0.05) is 30.3 Å². The Kier molecular flexibility index (Phi) is 3.99. The van der Waals surface area contributed by atoms with Gasteiger partial charge in [-0.3, -0.25) is 4.79 Å². The third-order valence-electron chi connectivity index (χ3n) is 1.55. The van der Waals surface area contributed by atoms with Crippen LogP contribution in [0.2, 0.25) is 0 Å². The zero-order valence-corrected chi connectivity index (χ0v) is 7.27. The molecular formula is C10H12O3. The van der Waals surface area contributed by atoms with Crippen molar-refractivity contribution in [3.05, 3.63) is 35.9 Å². The number of aliphatic hydroxyl groups excluding tert-OH is 1. The molecule has 13 heavy (non-hydrogen) atoms. The fourth-order valence-corrected chi connectivity index (χ4v) is 0.973. The van der Waals surface area contributed by atoms with E-state index in [1.807, 2.05) is 30.3 Å². The summed E-state index contributed by atoms with van der Waals surface area (Å²) in [4.78, 5) is 11.0. The summed E-state index contributed by atoms with van der Waals surface area (Å²) in [6.07, 6.45) is 0.265. The van der Waals surface area contributed by atoms with E-state index >= 15 is 0 Å². The van der Waals surface area contributed by atoms with Crippen LogP contribution in [0.15, 0.2) is 30.3 Å². The van der Waals surface area contributed by atoms with Crippen LogP contribution in [0, 0.1) is 0 Å². The van der Waals surface area contributed by atoms with Crippen molar-refractivity contribution in [1.82, 2.24) is 0 Å². The quantitative estimate of drug-likeness (QED) is 0.696. The lowest BCUT2D eigenvalue weighted by molar-refractivity contribution is -0.143. The normalized spacial score (nSPS) is 9.62. The van der Waals surface area contributed by atoms with Crippen molar-refractivity contribution in [3.63, 3.8) is 0 Å². The highest BCUT2D eigenvalue weighted by atomic mass is 16.5. The van der Waals surface area contributed by atoms with Gasteiger partial charge in [-0.25, -0.2) is 0 Å². The van der Waals surface area contributed by atoms with Crippen molar-refractivity contribution < 1.29 is 14.6 Å². The Labute approximate surface area is 77.0 Å². The number of ether oxygens (including phenoxy) is 1. The monoisotopic (exact) mass is 180 g/mol. The molecule has 0 saturated heterocycles. The minimum Gasteiger partial charge on any atom is -0.463 e. The highest BCUT2D eigenvalue weighted by Gasteiger charge is 2.02. The van der Waals surface area contributed by atoms with Crippen LogP contribution >= 0.6 is 0 Å². The first-order valence-corrected chi connectivity index (χ1v) is 4.13. The molecule has 0 saturated carbocycles. The van der Waals surface area contributed by atoms with Gasteiger partial charge in [-0.2, -0.15) is 0 Å². The van der Waals surface area contributed by atoms with E-state index in [2.05, 4.69) is 0 Å². The van der Waals surface area contributed by atoms with Crippen molar-refractivity contribution >= 4 is 5.97 Å². The molecule has 1 aromatic carbocycles. The van der Waals surface area contributed by atoms with Gasteiger partial charge in [-0.15, -0.1) is 0 Å². The van der Waals surface area contributed by atoms with E-state index in [0.717, 1.165) is 5.56 Å². The molecule has 0 amide bonds. The summed E-state index contributed by atoms with van der Waals surface area (Å²) in [5.41, 5.74) is 0.922. The topological polar surface area (TPSA) is 46.5 Å². The van der Waals surface area contributed by atoms with Gasteiger partial charge in [0, 0.05) is 0 Å². The second-order valence-corrected chi connectivity index (χ2v) is 2.61. The molecule has 0 unspecified atom stereocenters. The Morgan fingerprint density at radius 1 is 1.31 bits per heavy atom. The van der Waals surface area contributed by atoms with Crippen molar-refractivity contribution in [2.75, 3.05) is 13.2 Å². The zero-order valence-electron chi connectivity index (χ0n) is 7.27. The molecule has 0 bridgehead atoms. The number of hydrogen-bond donors (Lipinski definition) is 1. The van der Waals surface area contributed by atoms with Crippen LogP contribution < -0.4 is 0 Å². The maximum atomic E-state index is 11.0. The minimum absolute atomic E-state index is 0.0751. The van der Waals surface area contributed by atoms with E-state index in [1.54, 1.807) is 0 Å². The first-order chi connectivity index (χ1) is 6.33. The Morgan fingerprint density at radius 2 is 2.00 bits per heavy atom. The number of rotatable bonds is 4. The fourth-order valence-electron chi connectivity index (χ4n) is 0.973. The number of benzene rings is 1. The summed E-state index contributed by atoms with van der Waals surface area (Å²) in [7, 11) is 0. The molecule has 0 aliphatic carbocycles. The molecule has 0 fully saturated rings. The van der Waals surface area contributed by atoms with E-state index in [4.69, 9.17) is 9.84 Å². The van der Waals surface area contributed by atoms with Gasteiger partial charge in [0.25, 0.3) is 0 Å². The Balaban J connectivity index is 2.37. The van der Waals surface area contributed by atoms with Crippen LogP contribution in [0.3, 0.4) is 0 Å². The minimum atomic E-state index is -0.305. The SMILES string of the molecule is O=C(Cc1ccccc1)OCCO. The average molecular weight is 180 g/mol. The van der Waals surface area contributed by atoms with Gasteiger partial charge in [0.1, 0.15) is 6.61 Å². The van der Waals surface area contributed by atoms with Crippen LogP contribution in [0.5, 0.6) is 0 Å². The Hall–Kier alpha value is -1.35. The number of hydrogen-bond acceptors (Lipinski definition) is 3. The number of esters is 1. The molecule has 0 heterocycles. The number of carbonyl (C=O) groups is 1. The van der Waals surface area contributed by atoms with Crippen LogP contribution in [-0.2, 0) is 16.0 Å². The van der Waals surface area contributed by atoms with E-state index in [9.17, 15) is 4.79 Å². The van der Waals surface area contributed by atoms with E-state index in [0.29, 0.717) is 0 Å². The number of carbonyl (C=O) groups excluding carboxylic acids is 1. The third kappa shape index (κ3) is 3.71. The van der Waals surface area contributed by atoms with E-state index < -0.39 is 0 Å². The van der Waals surface area contributed by atoms with E-state index in [1.165, 1.54) is 0 Å². The van der Waals surface area contributed by atoms with Crippen molar-refractivity contribution in [1.29, 1.82) is 0 Å². The summed E-state index contributed by atoms with van der Waals surface area (Å²) in [5, 5.41) is 8.40. The second kappa shape index (κ2) is 5.32. The van der Waals surface area contributed by atoms with Crippen LogP contribution in [-0.4, -0.2) is 24.3 Å². The van der Waals surface area contributed by atoms with Crippen molar-refractivity contribution in [2.24, 2.45) is 0 Å². The molecule has 0 aliphatic heterocycles. The molecule has 1 aromatic rings. The maximum Gasteiger partial charge on any atom is 0.310 e.